The summed E-state index contributed by atoms with van der Waals surface area (Å²) in [5, 5.41) is 20.5. The number of nitrogens with zero attached hydrogens (tertiary/aromatic N) is 3. The van der Waals surface area contributed by atoms with Gasteiger partial charge in [0.05, 0.1) is 36.3 Å². The van der Waals surface area contributed by atoms with Crippen LogP contribution in [0.15, 0.2) is 28.8 Å². The molecular formula is C21H25N3O3S. The SMILES string of the molecule is COc1cc(C2CC(=O)N3CN(C4CCCCC4)CSC3=C2C#N)ccc1O. The van der Waals surface area contributed by atoms with Crippen LogP contribution in [0.3, 0.4) is 0 Å². The van der Waals surface area contributed by atoms with Crippen molar-refractivity contribution in [2.45, 2.75) is 50.5 Å². The minimum atomic E-state index is -0.299. The number of amides is 1. The van der Waals surface area contributed by atoms with Gasteiger partial charge in [0.25, 0.3) is 0 Å². The Bertz CT molecular complexity index is 842. The summed E-state index contributed by atoms with van der Waals surface area (Å²) in [5.74, 6) is 0.984. The third-order valence-corrected chi connectivity index (χ3v) is 7.19. The third kappa shape index (κ3) is 3.47. The van der Waals surface area contributed by atoms with Gasteiger partial charge in [0.1, 0.15) is 0 Å². The monoisotopic (exact) mass is 399 g/mol. The standard InChI is InChI=1S/C21H25N3O3S/c1-27-19-9-14(7-8-18(19)25)16-10-20(26)24-12-23(15-5-3-2-4-6-15)13-28-21(24)17(16)11-22/h7-9,15-16,25H,2-6,10,12-13H2,1H3. The van der Waals surface area contributed by atoms with E-state index < -0.39 is 0 Å². The molecular weight excluding hydrogens is 374 g/mol. The number of carbonyl (C=O) groups excluding carboxylic acids is 1. The first-order valence-corrected chi connectivity index (χ1v) is 10.8. The fourth-order valence-electron chi connectivity index (χ4n) is 4.45. The van der Waals surface area contributed by atoms with Crippen LogP contribution in [-0.2, 0) is 4.79 Å². The number of benzene rings is 1. The zero-order valence-corrected chi connectivity index (χ0v) is 16.9. The van der Waals surface area contributed by atoms with Crippen molar-refractivity contribution >= 4 is 17.7 Å². The molecule has 148 valence electrons. The quantitative estimate of drug-likeness (QED) is 0.834. The lowest BCUT2D eigenvalue weighted by Gasteiger charge is -2.44. The maximum absolute atomic E-state index is 13.0. The van der Waals surface area contributed by atoms with Crippen molar-refractivity contribution in [2.24, 2.45) is 0 Å². The molecule has 1 amide bonds. The number of phenolic OH excluding ortho intramolecular Hbond substituents is 1. The maximum atomic E-state index is 13.0. The van der Waals surface area contributed by atoms with Gasteiger partial charge in [0, 0.05) is 18.4 Å². The van der Waals surface area contributed by atoms with Crippen molar-refractivity contribution < 1.29 is 14.6 Å². The number of nitriles is 1. The Labute approximate surface area is 169 Å². The molecule has 4 rings (SSSR count). The molecule has 0 aromatic heterocycles. The highest BCUT2D eigenvalue weighted by Gasteiger charge is 2.39. The van der Waals surface area contributed by atoms with Crippen molar-refractivity contribution in [3.05, 3.63) is 34.4 Å². The van der Waals surface area contributed by atoms with Crippen molar-refractivity contribution in [3.63, 3.8) is 0 Å². The number of methoxy groups -OCH3 is 1. The average molecular weight is 400 g/mol. The third-order valence-electron chi connectivity index (χ3n) is 6.01. The number of phenols is 1. The Kier molecular flexibility index (Phi) is 5.51. The smallest absolute Gasteiger partial charge is 0.229 e. The van der Waals surface area contributed by atoms with Crippen LogP contribution >= 0.6 is 11.8 Å². The van der Waals surface area contributed by atoms with Crippen LogP contribution in [0.2, 0.25) is 0 Å². The second-order valence-electron chi connectivity index (χ2n) is 7.64. The lowest BCUT2D eigenvalue weighted by Crippen LogP contribution is -2.51. The van der Waals surface area contributed by atoms with E-state index >= 15 is 0 Å². The van der Waals surface area contributed by atoms with Gasteiger partial charge < -0.3 is 9.84 Å². The second-order valence-corrected chi connectivity index (χ2v) is 8.57. The Morgan fingerprint density at radius 2 is 2.07 bits per heavy atom. The van der Waals surface area contributed by atoms with E-state index in [9.17, 15) is 15.2 Å². The maximum Gasteiger partial charge on any atom is 0.229 e. The van der Waals surface area contributed by atoms with Gasteiger partial charge in [-0.25, -0.2) is 0 Å². The summed E-state index contributed by atoms with van der Waals surface area (Å²) >= 11 is 1.60. The van der Waals surface area contributed by atoms with Gasteiger partial charge >= 0.3 is 0 Å². The molecule has 1 saturated heterocycles. The van der Waals surface area contributed by atoms with E-state index in [4.69, 9.17) is 4.74 Å². The first-order valence-electron chi connectivity index (χ1n) is 9.80. The highest BCUT2D eigenvalue weighted by Crippen LogP contribution is 2.44. The molecule has 1 unspecified atom stereocenters. The lowest BCUT2D eigenvalue weighted by atomic mass is 9.86. The molecule has 7 heteroatoms. The molecule has 0 bridgehead atoms. The number of hydrogen-bond acceptors (Lipinski definition) is 6. The van der Waals surface area contributed by atoms with Gasteiger partial charge in [0.2, 0.25) is 5.91 Å². The first-order chi connectivity index (χ1) is 13.6. The molecule has 1 saturated carbocycles. The molecule has 0 radical (unpaired) electrons. The summed E-state index contributed by atoms with van der Waals surface area (Å²) in [6, 6.07) is 7.96. The van der Waals surface area contributed by atoms with E-state index in [-0.39, 0.29) is 24.0 Å². The Hall–Kier alpha value is -2.17. The molecule has 1 atom stereocenters. The van der Waals surface area contributed by atoms with Crippen LogP contribution in [0, 0.1) is 11.3 Å². The molecule has 3 aliphatic rings. The minimum Gasteiger partial charge on any atom is -0.504 e. The van der Waals surface area contributed by atoms with Crippen molar-refractivity contribution in [3.8, 4) is 17.6 Å². The zero-order chi connectivity index (χ0) is 19.7. The number of fused-ring (bicyclic) bond motifs is 1. The van der Waals surface area contributed by atoms with Crippen molar-refractivity contribution in [2.75, 3.05) is 19.7 Å². The fourth-order valence-corrected chi connectivity index (χ4v) is 5.69. The highest BCUT2D eigenvalue weighted by atomic mass is 32.2. The molecule has 2 aliphatic heterocycles. The lowest BCUT2D eigenvalue weighted by molar-refractivity contribution is -0.132. The van der Waals surface area contributed by atoms with Gasteiger partial charge in [-0.3, -0.25) is 14.6 Å². The Morgan fingerprint density at radius 3 is 2.79 bits per heavy atom. The van der Waals surface area contributed by atoms with E-state index in [1.165, 1.54) is 39.2 Å². The molecule has 0 spiro atoms. The molecule has 2 heterocycles. The van der Waals surface area contributed by atoms with E-state index in [0.717, 1.165) is 16.5 Å². The van der Waals surface area contributed by atoms with Crippen LogP contribution < -0.4 is 4.74 Å². The van der Waals surface area contributed by atoms with Gasteiger partial charge in [-0.05, 0) is 30.5 Å². The normalized spacial score (nSPS) is 24.1. The predicted molar refractivity (Wildman–Crippen MR) is 108 cm³/mol. The number of ether oxygens (including phenoxy) is 1. The first kappa shape index (κ1) is 19.2. The van der Waals surface area contributed by atoms with Crippen LogP contribution in [0.1, 0.15) is 50.0 Å². The fraction of sp³-hybridized carbons (Fsp3) is 0.524. The largest absolute Gasteiger partial charge is 0.504 e. The number of rotatable bonds is 3. The summed E-state index contributed by atoms with van der Waals surface area (Å²) in [7, 11) is 1.49. The number of allylic oxidation sites excluding steroid dienone is 1. The highest BCUT2D eigenvalue weighted by molar-refractivity contribution is 8.03. The average Bonchev–Trinajstić information content (AvgIpc) is 2.74. The number of carbonyl (C=O) groups is 1. The summed E-state index contributed by atoms with van der Waals surface area (Å²) in [6.07, 6.45) is 6.49. The van der Waals surface area contributed by atoms with Crippen LogP contribution in [0.25, 0.3) is 0 Å². The molecule has 1 N–H and O–H groups in total. The minimum absolute atomic E-state index is 0.0522. The topological polar surface area (TPSA) is 76.8 Å². The summed E-state index contributed by atoms with van der Waals surface area (Å²) in [4.78, 5) is 17.2. The molecule has 2 fully saturated rings. The summed E-state index contributed by atoms with van der Waals surface area (Å²) in [6.45, 7) is 0.586. The van der Waals surface area contributed by atoms with E-state index in [1.54, 1.807) is 34.9 Å². The van der Waals surface area contributed by atoms with E-state index in [0.29, 0.717) is 24.0 Å². The number of thioether (sulfide) groups is 1. The summed E-state index contributed by atoms with van der Waals surface area (Å²) < 4.78 is 5.20. The molecule has 1 aliphatic carbocycles. The Balaban J connectivity index is 1.62. The van der Waals surface area contributed by atoms with Crippen molar-refractivity contribution in [1.82, 2.24) is 9.80 Å². The zero-order valence-electron chi connectivity index (χ0n) is 16.1. The molecule has 6 nitrogen and oxygen atoms in total. The van der Waals surface area contributed by atoms with Gasteiger partial charge in [-0.2, -0.15) is 5.26 Å². The summed E-state index contributed by atoms with van der Waals surface area (Å²) in [5.41, 5.74) is 1.46. The van der Waals surface area contributed by atoms with Crippen molar-refractivity contribution in [1.29, 1.82) is 5.26 Å². The number of aromatic hydroxyl groups is 1. The number of hydrogen-bond donors (Lipinski definition) is 1. The Morgan fingerprint density at radius 1 is 1.29 bits per heavy atom. The van der Waals surface area contributed by atoms with Crippen LogP contribution in [0.5, 0.6) is 11.5 Å². The second kappa shape index (κ2) is 8.06. The van der Waals surface area contributed by atoms with Crippen LogP contribution in [0.4, 0.5) is 0 Å². The van der Waals surface area contributed by atoms with E-state index in [2.05, 4.69) is 11.0 Å². The molecule has 28 heavy (non-hydrogen) atoms. The molecule has 1 aromatic carbocycles. The van der Waals surface area contributed by atoms with Gasteiger partial charge in [0.15, 0.2) is 11.5 Å². The molecule has 1 aromatic rings. The predicted octanol–water partition coefficient (Wildman–Crippen LogP) is 3.75. The van der Waals surface area contributed by atoms with Gasteiger partial charge in [-0.1, -0.05) is 37.1 Å². The van der Waals surface area contributed by atoms with E-state index in [1.807, 2.05) is 0 Å². The van der Waals surface area contributed by atoms with Crippen LogP contribution in [-0.4, -0.2) is 46.5 Å². The van der Waals surface area contributed by atoms with Gasteiger partial charge in [-0.15, -0.1) is 0 Å².